The maximum absolute atomic E-state index is 13.1. The highest BCUT2D eigenvalue weighted by molar-refractivity contribution is 8.00. The molecule has 5 heteroatoms. The van der Waals surface area contributed by atoms with Gasteiger partial charge in [0.1, 0.15) is 0 Å². The Balaban J connectivity index is 1.38. The molecule has 1 aromatic heterocycles. The number of fused-ring (bicyclic) bond motifs is 1. The Hall–Kier alpha value is -2.37. The number of rotatable bonds is 5. The van der Waals surface area contributed by atoms with Gasteiger partial charge in [0.05, 0.1) is 15.8 Å². The van der Waals surface area contributed by atoms with Gasteiger partial charge in [-0.15, -0.1) is 0 Å². The number of pyridine rings is 1. The zero-order valence-corrected chi connectivity index (χ0v) is 19.7. The van der Waals surface area contributed by atoms with Crippen molar-refractivity contribution in [3.05, 3.63) is 70.8 Å². The summed E-state index contributed by atoms with van der Waals surface area (Å²) in [6.45, 7) is 12.7. The molecule has 2 heterocycles. The van der Waals surface area contributed by atoms with Crippen LogP contribution in [-0.2, 0) is 11.3 Å². The molecule has 4 rings (SSSR count). The molecule has 1 atom stereocenters. The van der Waals surface area contributed by atoms with Gasteiger partial charge >= 0.3 is 0 Å². The van der Waals surface area contributed by atoms with Gasteiger partial charge in [0.25, 0.3) is 0 Å². The van der Waals surface area contributed by atoms with Crippen LogP contribution in [0.5, 0.6) is 0 Å². The van der Waals surface area contributed by atoms with Crippen molar-refractivity contribution in [3.8, 4) is 0 Å². The minimum atomic E-state index is -0.143. The largest absolute Gasteiger partial charge is 0.339 e. The molecule has 3 aromatic rings. The van der Waals surface area contributed by atoms with Crippen molar-refractivity contribution in [2.75, 3.05) is 26.2 Å². The van der Waals surface area contributed by atoms with Crippen LogP contribution in [0.25, 0.3) is 10.9 Å². The summed E-state index contributed by atoms with van der Waals surface area (Å²) in [6.07, 6.45) is 0. The van der Waals surface area contributed by atoms with Crippen LogP contribution in [0, 0.1) is 20.8 Å². The zero-order valence-electron chi connectivity index (χ0n) is 18.9. The lowest BCUT2D eigenvalue weighted by molar-refractivity contribution is -0.132. The molecule has 0 spiro atoms. The lowest BCUT2D eigenvalue weighted by Gasteiger charge is -2.35. The maximum Gasteiger partial charge on any atom is 0.235 e. The quantitative estimate of drug-likeness (QED) is 0.532. The summed E-state index contributed by atoms with van der Waals surface area (Å²) in [7, 11) is 0. The highest BCUT2D eigenvalue weighted by atomic mass is 32.2. The van der Waals surface area contributed by atoms with Crippen LogP contribution in [0.4, 0.5) is 0 Å². The third kappa shape index (κ3) is 5.10. The SMILES string of the molecule is Cc1cc(C)c2nc(S[C@H](C)C(=O)N3CCN(Cc4ccccc4)CC3)cc(C)c2c1. The summed E-state index contributed by atoms with van der Waals surface area (Å²) in [5, 5.41) is 1.99. The third-order valence-electron chi connectivity index (χ3n) is 6.01. The highest BCUT2D eigenvalue weighted by Crippen LogP contribution is 2.29. The van der Waals surface area contributed by atoms with E-state index in [1.54, 1.807) is 11.8 Å². The number of carbonyl (C=O) groups is 1. The van der Waals surface area contributed by atoms with Crippen LogP contribution < -0.4 is 0 Å². The number of hydrogen-bond acceptors (Lipinski definition) is 4. The van der Waals surface area contributed by atoms with Crippen molar-refractivity contribution < 1.29 is 4.79 Å². The Labute approximate surface area is 189 Å². The minimum absolute atomic E-state index is 0.143. The summed E-state index contributed by atoms with van der Waals surface area (Å²) < 4.78 is 0. The van der Waals surface area contributed by atoms with E-state index < -0.39 is 0 Å². The standard InChI is InChI=1S/C26H31N3OS/c1-18-14-20(3)25-23(15-18)19(2)16-24(27-25)31-21(4)26(30)29-12-10-28(11-13-29)17-22-8-6-5-7-9-22/h5-9,14-16,21H,10-13,17H2,1-4H3/t21-/m1/s1. The first-order valence-electron chi connectivity index (χ1n) is 11.0. The minimum Gasteiger partial charge on any atom is -0.339 e. The van der Waals surface area contributed by atoms with Gasteiger partial charge in [0.2, 0.25) is 5.91 Å². The molecule has 1 fully saturated rings. The fourth-order valence-corrected chi connectivity index (χ4v) is 5.33. The van der Waals surface area contributed by atoms with Gasteiger partial charge in [-0.3, -0.25) is 9.69 Å². The lowest BCUT2D eigenvalue weighted by atomic mass is 10.0. The second-order valence-corrected chi connectivity index (χ2v) is 9.96. The van der Waals surface area contributed by atoms with Gasteiger partial charge in [-0.1, -0.05) is 53.7 Å². The van der Waals surface area contributed by atoms with Gasteiger partial charge < -0.3 is 4.90 Å². The van der Waals surface area contributed by atoms with E-state index in [0.29, 0.717) is 0 Å². The van der Waals surface area contributed by atoms with E-state index in [1.165, 1.54) is 27.6 Å². The number of hydrogen-bond donors (Lipinski definition) is 0. The monoisotopic (exact) mass is 433 g/mol. The van der Waals surface area contributed by atoms with Crippen LogP contribution in [0.2, 0.25) is 0 Å². The van der Waals surface area contributed by atoms with E-state index in [-0.39, 0.29) is 11.2 Å². The summed E-state index contributed by atoms with van der Waals surface area (Å²) in [6, 6.07) is 17.0. The van der Waals surface area contributed by atoms with E-state index >= 15 is 0 Å². The molecule has 1 aliphatic rings. The summed E-state index contributed by atoms with van der Waals surface area (Å²) in [5.74, 6) is 0.213. The van der Waals surface area contributed by atoms with E-state index in [0.717, 1.165) is 43.3 Å². The van der Waals surface area contributed by atoms with Crippen molar-refractivity contribution in [3.63, 3.8) is 0 Å². The van der Waals surface area contributed by atoms with Gasteiger partial charge in [-0.05, 0) is 56.5 Å². The molecular formula is C26H31N3OS. The number of thioether (sulfide) groups is 1. The van der Waals surface area contributed by atoms with Crippen LogP contribution in [-0.4, -0.2) is 52.1 Å². The first-order chi connectivity index (χ1) is 14.9. The predicted octanol–water partition coefficient (Wildman–Crippen LogP) is 4.99. The fraction of sp³-hybridized carbons (Fsp3) is 0.385. The molecule has 31 heavy (non-hydrogen) atoms. The molecule has 0 unspecified atom stereocenters. The Bertz CT molecular complexity index is 1070. The van der Waals surface area contributed by atoms with Crippen LogP contribution in [0.1, 0.15) is 29.2 Å². The lowest BCUT2D eigenvalue weighted by Crippen LogP contribution is -2.50. The van der Waals surface area contributed by atoms with Gasteiger partial charge in [-0.2, -0.15) is 0 Å². The fourth-order valence-electron chi connectivity index (χ4n) is 4.33. The molecule has 2 aromatic carbocycles. The predicted molar refractivity (Wildman–Crippen MR) is 130 cm³/mol. The van der Waals surface area contributed by atoms with Crippen molar-refractivity contribution in [1.82, 2.24) is 14.8 Å². The second kappa shape index (κ2) is 9.41. The molecular weight excluding hydrogens is 402 g/mol. The molecule has 4 nitrogen and oxygen atoms in total. The number of benzene rings is 2. The molecule has 1 saturated heterocycles. The summed E-state index contributed by atoms with van der Waals surface area (Å²) in [5.41, 5.74) is 6.03. The first kappa shape index (κ1) is 21.8. The normalized spacial score (nSPS) is 15.9. The number of aromatic nitrogens is 1. The Morgan fingerprint density at radius 2 is 1.71 bits per heavy atom. The molecule has 0 saturated carbocycles. The third-order valence-corrected chi connectivity index (χ3v) is 7.02. The van der Waals surface area contributed by atoms with Crippen molar-refractivity contribution in [2.24, 2.45) is 0 Å². The number of nitrogens with zero attached hydrogens (tertiary/aromatic N) is 3. The molecule has 0 bridgehead atoms. The van der Waals surface area contributed by atoms with Gasteiger partial charge in [-0.25, -0.2) is 4.98 Å². The van der Waals surface area contributed by atoms with Gasteiger partial charge in [0.15, 0.2) is 0 Å². The molecule has 162 valence electrons. The van der Waals surface area contributed by atoms with E-state index in [1.807, 2.05) is 17.9 Å². The summed E-state index contributed by atoms with van der Waals surface area (Å²) >= 11 is 1.57. The topological polar surface area (TPSA) is 36.4 Å². The number of piperazine rings is 1. The van der Waals surface area contributed by atoms with Crippen LogP contribution in [0.15, 0.2) is 53.6 Å². The molecule has 1 amide bonds. The molecule has 0 radical (unpaired) electrons. The van der Waals surface area contributed by atoms with E-state index in [9.17, 15) is 4.79 Å². The smallest absolute Gasteiger partial charge is 0.235 e. The Morgan fingerprint density at radius 3 is 2.42 bits per heavy atom. The number of carbonyl (C=O) groups excluding carboxylic acids is 1. The van der Waals surface area contributed by atoms with E-state index in [4.69, 9.17) is 4.98 Å². The first-order valence-corrected chi connectivity index (χ1v) is 11.9. The molecule has 0 aliphatic carbocycles. The van der Waals surface area contributed by atoms with Crippen molar-refractivity contribution >= 4 is 28.6 Å². The van der Waals surface area contributed by atoms with Gasteiger partial charge in [0, 0.05) is 38.1 Å². The van der Waals surface area contributed by atoms with Crippen LogP contribution >= 0.6 is 11.8 Å². The zero-order chi connectivity index (χ0) is 22.0. The number of aryl methyl sites for hydroxylation is 3. The average Bonchev–Trinajstić information content (AvgIpc) is 2.75. The second-order valence-electron chi connectivity index (χ2n) is 8.60. The average molecular weight is 434 g/mol. The molecule has 0 N–H and O–H groups in total. The van der Waals surface area contributed by atoms with Crippen molar-refractivity contribution in [1.29, 1.82) is 0 Å². The highest BCUT2D eigenvalue weighted by Gasteiger charge is 2.26. The number of amides is 1. The van der Waals surface area contributed by atoms with Crippen molar-refractivity contribution in [2.45, 2.75) is 44.5 Å². The van der Waals surface area contributed by atoms with Crippen LogP contribution in [0.3, 0.4) is 0 Å². The Morgan fingerprint density at radius 1 is 1.00 bits per heavy atom. The maximum atomic E-state index is 13.1. The summed E-state index contributed by atoms with van der Waals surface area (Å²) in [4.78, 5) is 22.4. The van der Waals surface area contributed by atoms with E-state index in [2.05, 4.69) is 68.1 Å². The Kier molecular flexibility index (Phi) is 6.63. The molecule has 1 aliphatic heterocycles.